The molecule has 0 atom stereocenters. The van der Waals surface area contributed by atoms with Gasteiger partial charge >= 0.3 is 0 Å². The third-order valence-electron chi connectivity index (χ3n) is 3.98. The Hall–Kier alpha value is -2.15. The summed E-state index contributed by atoms with van der Waals surface area (Å²) in [4.78, 5) is 8.84. The van der Waals surface area contributed by atoms with Crippen LogP contribution in [0, 0.1) is 0 Å². The molecule has 0 unspecified atom stereocenters. The smallest absolute Gasteiger partial charge is 0.193 e. The number of guanidine groups is 1. The van der Waals surface area contributed by atoms with Gasteiger partial charge in [-0.1, -0.05) is 44.2 Å². The van der Waals surface area contributed by atoms with E-state index in [0.717, 1.165) is 22.2 Å². The van der Waals surface area contributed by atoms with Crippen LogP contribution in [-0.2, 0) is 6.54 Å². The molecule has 3 aromatic rings. The molecule has 0 radical (unpaired) electrons. The average Bonchev–Trinajstić information content (AvgIpc) is 2.60. The number of hydrogen-bond acceptors (Lipinski definition) is 2. The molecule has 0 aliphatic rings. The van der Waals surface area contributed by atoms with Crippen LogP contribution in [0.5, 0.6) is 0 Å². The molecule has 3 rings (SSSR count). The molecule has 0 saturated heterocycles. The number of nitrogens with two attached hydrogens (primary N) is 1. The Morgan fingerprint density at radius 3 is 2.72 bits per heavy atom. The SMILES string of the molecule is CC(C)c1cccc(NC(N)=NCc2ccnc3ccccc23)c1.I. The zero-order valence-electron chi connectivity index (χ0n) is 14.4. The lowest BCUT2D eigenvalue weighted by Crippen LogP contribution is -2.22. The maximum atomic E-state index is 6.05. The number of hydrogen-bond donors (Lipinski definition) is 2. The van der Waals surface area contributed by atoms with E-state index in [9.17, 15) is 0 Å². The zero-order valence-corrected chi connectivity index (χ0v) is 16.8. The van der Waals surface area contributed by atoms with E-state index in [4.69, 9.17) is 5.73 Å². The minimum absolute atomic E-state index is 0. The molecule has 25 heavy (non-hydrogen) atoms. The van der Waals surface area contributed by atoms with Gasteiger partial charge in [-0.3, -0.25) is 4.98 Å². The fraction of sp³-hybridized carbons (Fsp3) is 0.200. The lowest BCUT2D eigenvalue weighted by molar-refractivity contribution is 0.867. The molecular weight excluding hydrogens is 423 g/mol. The lowest BCUT2D eigenvalue weighted by atomic mass is 10.0. The van der Waals surface area contributed by atoms with Gasteiger partial charge in [0.2, 0.25) is 0 Å². The number of fused-ring (bicyclic) bond motifs is 1. The van der Waals surface area contributed by atoms with Gasteiger partial charge in [0.25, 0.3) is 0 Å². The van der Waals surface area contributed by atoms with E-state index in [1.54, 1.807) is 0 Å². The first-order valence-electron chi connectivity index (χ1n) is 8.13. The molecule has 0 fully saturated rings. The van der Waals surface area contributed by atoms with Crippen molar-refractivity contribution in [2.24, 2.45) is 10.7 Å². The van der Waals surface area contributed by atoms with E-state index in [1.165, 1.54) is 5.56 Å². The predicted molar refractivity (Wildman–Crippen MR) is 117 cm³/mol. The molecule has 130 valence electrons. The maximum Gasteiger partial charge on any atom is 0.193 e. The quantitative estimate of drug-likeness (QED) is 0.340. The van der Waals surface area contributed by atoms with Gasteiger partial charge in [0, 0.05) is 17.3 Å². The molecule has 1 aromatic heterocycles. The number of rotatable bonds is 4. The molecule has 3 N–H and O–H groups in total. The van der Waals surface area contributed by atoms with Crippen LogP contribution in [0.4, 0.5) is 5.69 Å². The summed E-state index contributed by atoms with van der Waals surface area (Å²) in [7, 11) is 0. The molecule has 4 nitrogen and oxygen atoms in total. The van der Waals surface area contributed by atoms with Gasteiger partial charge in [-0.2, -0.15) is 0 Å². The molecule has 5 heteroatoms. The van der Waals surface area contributed by atoms with Gasteiger partial charge < -0.3 is 11.1 Å². The van der Waals surface area contributed by atoms with Gasteiger partial charge in [-0.15, -0.1) is 24.0 Å². The molecule has 0 saturated carbocycles. The fourth-order valence-electron chi connectivity index (χ4n) is 2.63. The van der Waals surface area contributed by atoms with Crippen LogP contribution < -0.4 is 11.1 Å². The number of nitrogens with zero attached hydrogens (tertiary/aromatic N) is 2. The van der Waals surface area contributed by atoms with Crippen LogP contribution in [0.15, 0.2) is 65.8 Å². The van der Waals surface area contributed by atoms with Crippen LogP contribution >= 0.6 is 24.0 Å². The number of benzene rings is 2. The molecule has 1 heterocycles. The van der Waals surface area contributed by atoms with Gasteiger partial charge in [-0.05, 0) is 41.3 Å². The van der Waals surface area contributed by atoms with Crippen molar-refractivity contribution in [1.82, 2.24) is 4.98 Å². The second kappa shape index (κ2) is 8.80. The second-order valence-corrected chi connectivity index (χ2v) is 6.09. The highest BCUT2D eigenvalue weighted by atomic mass is 127. The Bertz CT molecular complexity index is 869. The molecule has 0 aliphatic carbocycles. The monoisotopic (exact) mass is 446 g/mol. The Morgan fingerprint density at radius 1 is 1.12 bits per heavy atom. The largest absolute Gasteiger partial charge is 0.370 e. The number of halogens is 1. The highest BCUT2D eigenvalue weighted by Crippen LogP contribution is 2.19. The third kappa shape index (κ3) is 4.92. The van der Waals surface area contributed by atoms with Crippen molar-refractivity contribution < 1.29 is 0 Å². The number of nitrogens with one attached hydrogen (secondary N) is 1. The van der Waals surface area contributed by atoms with E-state index < -0.39 is 0 Å². The molecule has 0 aliphatic heterocycles. The summed E-state index contributed by atoms with van der Waals surface area (Å²) in [6.45, 7) is 4.86. The Morgan fingerprint density at radius 2 is 1.92 bits per heavy atom. The summed E-state index contributed by atoms with van der Waals surface area (Å²) in [6.07, 6.45) is 1.81. The third-order valence-corrected chi connectivity index (χ3v) is 3.98. The van der Waals surface area contributed by atoms with Crippen LogP contribution in [-0.4, -0.2) is 10.9 Å². The van der Waals surface area contributed by atoms with E-state index >= 15 is 0 Å². The van der Waals surface area contributed by atoms with Crippen LogP contribution in [0.25, 0.3) is 10.9 Å². The molecular formula is C20H23IN4. The first kappa shape index (κ1) is 19.2. The normalized spacial score (nSPS) is 11.4. The summed E-state index contributed by atoms with van der Waals surface area (Å²) in [5.41, 5.74) is 10.4. The first-order chi connectivity index (χ1) is 11.6. The van der Waals surface area contributed by atoms with Crippen LogP contribution in [0.1, 0.15) is 30.9 Å². The number of pyridine rings is 1. The standard InChI is InChI=1S/C20H22N4.HI/c1-14(2)15-6-5-7-17(12-15)24-20(21)23-13-16-10-11-22-19-9-4-3-8-18(16)19;/h3-12,14H,13H2,1-2H3,(H3,21,23,24);1H. The van der Waals surface area contributed by atoms with E-state index in [1.807, 2.05) is 42.6 Å². The van der Waals surface area contributed by atoms with Crippen molar-refractivity contribution in [3.05, 3.63) is 71.9 Å². The number of aliphatic imine (C=N–C) groups is 1. The van der Waals surface area contributed by atoms with E-state index in [-0.39, 0.29) is 24.0 Å². The highest BCUT2D eigenvalue weighted by Gasteiger charge is 2.03. The molecule has 0 amide bonds. The van der Waals surface area contributed by atoms with Gasteiger partial charge in [0.05, 0.1) is 12.1 Å². The predicted octanol–water partition coefficient (Wildman–Crippen LogP) is 4.90. The van der Waals surface area contributed by atoms with Crippen molar-refractivity contribution in [3.8, 4) is 0 Å². The van der Waals surface area contributed by atoms with Crippen molar-refractivity contribution in [2.75, 3.05) is 5.32 Å². The summed E-state index contributed by atoms with van der Waals surface area (Å²) < 4.78 is 0. The highest BCUT2D eigenvalue weighted by molar-refractivity contribution is 14.0. The Kier molecular flexibility index (Phi) is 6.75. The van der Waals surface area contributed by atoms with E-state index in [0.29, 0.717) is 18.4 Å². The Labute approximate surface area is 165 Å². The van der Waals surface area contributed by atoms with Crippen molar-refractivity contribution in [2.45, 2.75) is 26.3 Å². The van der Waals surface area contributed by atoms with Crippen LogP contribution in [0.3, 0.4) is 0 Å². The topological polar surface area (TPSA) is 63.3 Å². The summed E-state index contributed by atoms with van der Waals surface area (Å²) in [6, 6.07) is 18.3. The van der Waals surface area contributed by atoms with Gasteiger partial charge in [-0.25, -0.2) is 4.99 Å². The number of aromatic nitrogens is 1. The van der Waals surface area contributed by atoms with Gasteiger partial charge in [0.15, 0.2) is 5.96 Å². The molecule has 0 bridgehead atoms. The van der Waals surface area contributed by atoms with Crippen molar-refractivity contribution in [3.63, 3.8) is 0 Å². The second-order valence-electron chi connectivity index (χ2n) is 6.09. The fourth-order valence-corrected chi connectivity index (χ4v) is 2.63. The minimum Gasteiger partial charge on any atom is -0.370 e. The average molecular weight is 446 g/mol. The van der Waals surface area contributed by atoms with E-state index in [2.05, 4.69) is 47.3 Å². The minimum atomic E-state index is 0. The molecule has 0 spiro atoms. The molecule has 2 aromatic carbocycles. The lowest BCUT2D eigenvalue weighted by Gasteiger charge is -2.10. The van der Waals surface area contributed by atoms with Crippen molar-refractivity contribution >= 4 is 46.5 Å². The Balaban J connectivity index is 0.00000225. The van der Waals surface area contributed by atoms with Gasteiger partial charge in [0.1, 0.15) is 0 Å². The summed E-state index contributed by atoms with van der Waals surface area (Å²) in [5.74, 6) is 0.893. The van der Waals surface area contributed by atoms with Crippen molar-refractivity contribution in [1.29, 1.82) is 0 Å². The number of para-hydroxylation sites is 1. The summed E-state index contributed by atoms with van der Waals surface area (Å²) in [5, 5.41) is 4.28. The number of anilines is 1. The first-order valence-corrected chi connectivity index (χ1v) is 8.13. The summed E-state index contributed by atoms with van der Waals surface area (Å²) >= 11 is 0. The zero-order chi connectivity index (χ0) is 16.9. The maximum absolute atomic E-state index is 6.05. The van der Waals surface area contributed by atoms with Crippen LogP contribution in [0.2, 0.25) is 0 Å².